The molecule has 66 valence electrons. The highest BCUT2D eigenvalue weighted by Crippen LogP contribution is 2.29. The Bertz CT molecular complexity index is 319. The summed E-state index contributed by atoms with van der Waals surface area (Å²) in [5.41, 5.74) is 5.57. The van der Waals surface area contributed by atoms with Crippen LogP contribution in [0.1, 0.15) is 0 Å². The van der Waals surface area contributed by atoms with Crippen molar-refractivity contribution in [3.63, 3.8) is 0 Å². The van der Waals surface area contributed by atoms with Crippen LogP contribution < -0.4 is 5.73 Å². The van der Waals surface area contributed by atoms with Gasteiger partial charge in [0.15, 0.2) is 0 Å². The van der Waals surface area contributed by atoms with Gasteiger partial charge in [0.1, 0.15) is 0 Å². The van der Waals surface area contributed by atoms with Gasteiger partial charge < -0.3 is 10.3 Å². The van der Waals surface area contributed by atoms with Crippen molar-refractivity contribution in [2.24, 2.45) is 0 Å². The number of hydrogen-bond donors (Lipinski definition) is 1. The van der Waals surface area contributed by atoms with Crippen LogP contribution in [0.25, 0.3) is 0 Å². The van der Waals surface area contributed by atoms with Crippen molar-refractivity contribution < 1.29 is 8.76 Å². The molecule has 12 heavy (non-hydrogen) atoms. The molecule has 3 nitrogen and oxygen atoms in total. The van der Waals surface area contributed by atoms with Gasteiger partial charge in [0.05, 0.1) is 15.7 Å². The average Bonchev–Trinajstić information content (AvgIpc) is 1.99. The maximum Gasteiger partial charge on any atom is 0.0693 e. The Morgan fingerprint density at radius 2 is 1.75 bits per heavy atom. The fraction of sp³-hybridized carbons (Fsp3) is 0. The summed E-state index contributed by atoms with van der Waals surface area (Å²) >= 11 is 8.83. The first-order valence-electron chi connectivity index (χ1n) is 2.86. The van der Waals surface area contributed by atoms with E-state index >= 15 is 0 Å². The summed E-state index contributed by atoms with van der Waals surface area (Å²) in [5, 5.41) is 0.281. The van der Waals surface area contributed by atoms with Gasteiger partial charge in [-0.2, -0.15) is 0 Å². The van der Waals surface area contributed by atoms with Crippen molar-refractivity contribution in [2.75, 3.05) is 5.73 Å². The molecule has 0 spiro atoms. The van der Waals surface area contributed by atoms with Crippen LogP contribution in [0, 0.1) is 0 Å². The molecule has 0 fully saturated rings. The number of nitrogens with two attached hydrogens (primary N) is 1. The van der Waals surface area contributed by atoms with E-state index in [1.807, 2.05) is 0 Å². The van der Waals surface area contributed by atoms with Crippen LogP contribution in [0.3, 0.4) is 0 Å². The van der Waals surface area contributed by atoms with Crippen molar-refractivity contribution in [2.45, 2.75) is 4.90 Å². The van der Waals surface area contributed by atoms with E-state index in [1.165, 1.54) is 12.1 Å². The summed E-state index contributed by atoms with van der Waals surface area (Å²) < 4.78 is 20.9. The lowest BCUT2D eigenvalue weighted by molar-refractivity contribution is 0.537. The van der Waals surface area contributed by atoms with Crippen LogP contribution in [0.2, 0.25) is 10.0 Å². The molecule has 0 amide bonds. The van der Waals surface area contributed by atoms with Crippen LogP contribution in [-0.4, -0.2) is 8.76 Å². The molecule has 0 aromatic heterocycles. The Hall–Kier alpha value is -0.290. The van der Waals surface area contributed by atoms with Crippen LogP contribution in [0.5, 0.6) is 0 Å². The fourth-order valence-electron chi connectivity index (χ4n) is 0.657. The molecule has 0 heterocycles. The molecule has 1 rings (SSSR count). The van der Waals surface area contributed by atoms with E-state index in [9.17, 15) is 8.76 Å². The van der Waals surface area contributed by atoms with Gasteiger partial charge in [-0.3, -0.25) is 4.21 Å². The van der Waals surface area contributed by atoms with E-state index in [0.29, 0.717) is 0 Å². The molecule has 1 atom stereocenters. The van der Waals surface area contributed by atoms with Crippen LogP contribution in [-0.2, 0) is 11.1 Å². The number of rotatable bonds is 1. The summed E-state index contributed by atoms with van der Waals surface area (Å²) in [7, 11) is 0. The molecule has 0 saturated heterocycles. The zero-order chi connectivity index (χ0) is 9.30. The highest BCUT2D eigenvalue weighted by Gasteiger charge is 2.04. The second-order valence-electron chi connectivity index (χ2n) is 2.04. The first kappa shape index (κ1) is 9.80. The van der Waals surface area contributed by atoms with Gasteiger partial charge in [0.2, 0.25) is 0 Å². The lowest BCUT2D eigenvalue weighted by Gasteiger charge is -2.07. The first-order chi connectivity index (χ1) is 5.52. The number of benzene rings is 1. The number of hydrogen-bond acceptors (Lipinski definition) is 3. The second kappa shape index (κ2) is 3.62. The van der Waals surface area contributed by atoms with Crippen molar-refractivity contribution >= 4 is 40.0 Å². The number of halogens is 2. The third-order valence-electron chi connectivity index (χ3n) is 1.25. The Morgan fingerprint density at radius 3 is 2.08 bits per heavy atom. The van der Waals surface area contributed by atoms with E-state index < -0.39 is 11.1 Å². The van der Waals surface area contributed by atoms with Crippen molar-refractivity contribution in [1.29, 1.82) is 0 Å². The Labute approximate surface area is 81.8 Å². The lowest BCUT2D eigenvalue weighted by atomic mass is 10.3. The summed E-state index contributed by atoms with van der Waals surface area (Å²) in [6.45, 7) is 0. The summed E-state index contributed by atoms with van der Waals surface area (Å²) in [4.78, 5) is 0.0270. The van der Waals surface area contributed by atoms with Gasteiger partial charge in [-0.15, -0.1) is 0 Å². The molecule has 0 aliphatic heterocycles. The van der Waals surface area contributed by atoms with Crippen molar-refractivity contribution in [3.05, 3.63) is 22.2 Å². The quantitative estimate of drug-likeness (QED) is 0.585. The van der Waals surface area contributed by atoms with Crippen LogP contribution in [0.4, 0.5) is 5.69 Å². The van der Waals surface area contributed by atoms with Gasteiger partial charge >= 0.3 is 0 Å². The van der Waals surface area contributed by atoms with Gasteiger partial charge in [0, 0.05) is 4.90 Å². The highest BCUT2D eigenvalue weighted by atomic mass is 35.5. The molecule has 0 aliphatic rings. The lowest BCUT2D eigenvalue weighted by Crippen LogP contribution is -1.93. The normalized spacial score (nSPS) is 12.9. The first-order valence-corrected chi connectivity index (χ1v) is 4.69. The predicted molar refractivity (Wildman–Crippen MR) is 48.1 cm³/mol. The summed E-state index contributed by atoms with van der Waals surface area (Å²) in [5.74, 6) is 0. The molecule has 2 N–H and O–H groups in total. The third kappa shape index (κ3) is 1.90. The van der Waals surface area contributed by atoms with Crippen LogP contribution >= 0.6 is 23.2 Å². The van der Waals surface area contributed by atoms with E-state index in [4.69, 9.17) is 28.9 Å². The smallest absolute Gasteiger partial charge is 0.0693 e. The second-order valence-corrected chi connectivity index (χ2v) is 3.79. The Balaban J connectivity index is 3.31. The summed E-state index contributed by atoms with van der Waals surface area (Å²) in [6, 6.07) is 2.48. The van der Waals surface area contributed by atoms with E-state index in [1.54, 1.807) is 0 Å². The van der Waals surface area contributed by atoms with Gasteiger partial charge in [-0.1, -0.05) is 23.2 Å². The Kier molecular flexibility index (Phi) is 2.95. The SMILES string of the molecule is Nc1c(Cl)cc(S(=O)[O-])cc1Cl. The maximum absolute atomic E-state index is 10.5. The molecule has 0 bridgehead atoms. The average molecular weight is 225 g/mol. The third-order valence-corrected chi connectivity index (χ3v) is 2.49. The molecule has 0 saturated carbocycles. The topological polar surface area (TPSA) is 66.2 Å². The minimum atomic E-state index is -2.33. The number of nitrogen functional groups attached to an aromatic ring is 1. The van der Waals surface area contributed by atoms with Gasteiger partial charge in [-0.05, 0) is 23.2 Å². The van der Waals surface area contributed by atoms with Crippen molar-refractivity contribution in [3.8, 4) is 0 Å². The van der Waals surface area contributed by atoms with Crippen LogP contribution in [0.15, 0.2) is 17.0 Å². The molecule has 0 aliphatic carbocycles. The largest absolute Gasteiger partial charge is 0.768 e. The van der Waals surface area contributed by atoms with Gasteiger partial charge in [0.25, 0.3) is 0 Å². The van der Waals surface area contributed by atoms with Crippen molar-refractivity contribution in [1.82, 2.24) is 0 Å². The number of anilines is 1. The molecular weight excluding hydrogens is 221 g/mol. The zero-order valence-electron chi connectivity index (χ0n) is 5.71. The molecule has 6 heteroatoms. The maximum atomic E-state index is 10.5. The minimum Gasteiger partial charge on any atom is -0.768 e. The highest BCUT2D eigenvalue weighted by molar-refractivity contribution is 7.79. The predicted octanol–water partition coefficient (Wildman–Crippen LogP) is 1.81. The van der Waals surface area contributed by atoms with Gasteiger partial charge in [-0.25, -0.2) is 0 Å². The minimum absolute atomic E-state index is 0.0270. The molecular formula is C6H4Cl2NO2S-. The molecule has 1 aromatic carbocycles. The molecule has 1 unspecified atom stereocenters. The molecule has 1 aromatic rings. The monoisotopic (exact) mass is 224 g/mol. The zero-order valence-corrected chi connectivity index (χ0v) is 8.04. The summed E-state index contributed by atoms with van der Waals surface area (Å²) in [6.07, 6.45) is 0. The van der Waals surface area contributed by atoms with E-state index in [-0.39, 0.29) is 20.6 Å². The standard InChI is InChI=1S/C6H5Cl2NO2S/c7-4-1-3(12(10)11)2-5(8)6(4)9/h1-2H,9H2,(H,10,11)/p-1. The Morgan fingerprint density at radius 1 is 1.33 bits per heavy atom. The molecule has 0 radical (unpaired) electrons. The fourth-order valence-corrected chi connectivity index (χ4v) is 1.70. The van der Waals surface area contributed by atoms with E-state index in [0.717, 1.165) is 0 Å². The van der Waals surface area contributed by atoms with E-state index in [2.05, 4.69) is 0 Å².